The lowest BCUT2D eigenvalue weighted by Gasteiger charge is -2.26. The van der Waals surface area contributed by atoms with Crippen LogP contribution in [-0.2, 0) is 6.42 Å². The molecule has 3 rings (SSSR count). The van der Waals surface area contributed by atoms with Gasteiger partial charge in [-0.25, -0.2) is 0 Å². The topological polar surface area (TPSA) is 23.5 Å². The molecule has 0 radical (unpaired) electrons. The van der Waals surface area contributed by atoms with Crippen molar-refractivity contribution in [1.29, 1.82) is 0 Å². The standard InChI is InChI=1S/C15H21NO/c1-2-11-7-8-16(10-11)14-9-12-5-3-4-6-13(12)15(14)17/h3-6,11,14-15,17H,2,7-10H2,1H3. The molecule has 0 spiro atoms. The maximum atomic E-state index is 10.4. The van der Waals surface area contributed by atoms with Gasteiger partial charge in [-0.15, -0.1) is 0 Å². The summed E-state index contributed by atoms with van der Waals surface area (Å²) in [6.45, 7) is 4.61. The average molecular weight is 231 g/mol. The second kappa shape index (κ2) is 4.43. The van der Waals surface area contributed by atoms with E-state index in [1.807, 2.05) is 6.07 Å². The number of hydrogen-bond acceptors (Lipinski definition) is 2. The Morgan fingerprint density at radius 3 is 2.88 bits per heavy atom. The molecular formula is C15H21NO. The minimum absolute atomic E-state index is 0.276. The van der Waals surface area contributed by atoms with E-state index in [0.29, 0.717) is 6.04 Å². The summed E-state index contributed by atoms with van der Waals surface area (Å²) in [5, 5.41) is 10.4. The molecule has 1 aromatic rings. The third-order valence-electron chi connectivity index (χ3n) is 4.53. The van der Waals surface area contributed by atoms with Gasteiger partial charge >= 0.3 is 0 Å². The summed E-state index contributed by atoms with van der Waals surface area (Å²) in [7, 11) is 0. The second-order valence-electron chi connectivity index (χ2n) is 5.47. The van der Waals surface area contributed by atoms with Gasteiger partial charge in [-0.1, -0.05) is 37.6 Å². The van der Waals surface area contributed by atoms with Crippen LogP contribution >= 0.6 is 0 Å². The van der Waals surface area contributed by atoms with E-state index >= 15 is 0 Å². The molecule has 0 bridgehead atoms. The molecule has 2 aliphatic rings. The van der Waals surface area contributed by atoms with Gasteiger partial charge in [0.1, 0.15) is 0 Å². The Kier molecular flexibility index (Phi) is 2.93. The smallest absolute Gasteiger partial charge is 0.0951 e. The van der Waals surface area contributed by atoms with Gasteiger partial charge in [0.25, 0.3) is 0 Å². The first-order valence-electron chi connectivity index (χ1n) is 6.79. The monoisotopic (exact) mass is 231 g/mol. The average Bonchev–Trinajstić information content (AvgIpc) is 2.95. The number of aliphatic hydroxyl groups excluding tert-OH is 1. The molecule has 1 fully saturated rings. The third kappa shape index (κ3) is 1.90. The predicted octanol–water partition coefficient (Wildman–Crippen LogP) is 2.38. The van der Waals surface area contributed by atoms with Gasteiger partial charge in [-0.05, 0) is 36.4 Å². The fraction of sp³-hybridized carbons (Fsp3) is 0.600. The van der Waals surface area contributed by atoms with Crippen molar-refractivity contribution in [1.82, 2.24) is 4.90 Å². The second-order valence-corrected chi connectivity index (χ2v) is 5.47. The molecule has 0 aromatic heterocycles. The van der Waals surface area contributed by atoms with Crippen molar-refractivity contribution < 1.29 is 5.11 Å². The lowest BCUT2D eigenvalue weighted by molar-refractivity contribution is 0.0726. The summed E-state index contributed by atoms with van der Waals surface area (Å²) < 4.78 is 0. The normalized spacial score (nSPS) is 32.9. The number of nitrogens with zero attached hydrogens (tertiary/aromatic N) is 1. The van der Waals surface area contributed by atoms with E-state index in [9.17, 15) is 5.11 Å². The molecule has 1 aromatic carbocycles. The zero-order chi connectivity index (χ0) is 11.8. The Morgan fingerprint density at radius 2 is 2.18 bits per heavy atom. The van der Waals surface area contributed by atoms with Crippen LogP contribution in [0.5, 0.6) is 0 Å². The van der Waals surface area contributed by atoms with Gasteiger partial charge in [0.05, 0.1) is 6.10 Å². The molecule has 1 N–H and O–H groups in total. The fourth-order valence-electron chi connectivity index (χ4n) is 3.38. The molecule has 3 atom stereocenters. The molecule has 1 saturated heterocycles. The molecule has 2 nitrogen and oxygen atoms in total. The number of likely N-dealkylation sites (tertiary alicyclic amines) is 1. The molecule has 0 amide bonds. The van der Waals surface area contributed by atoms with E-state index in [1.165, 1.54) is 24.9 Å². The van der Waals surface area contributed by atoms with Crippen molar-refractivity contribution in [2.24, 2.45) is 5.92 Å². The van der Waals surface area contributed by atoms with Crippen molar-refractivity contribution in [3.05, 3.63) is 35.4 Å². The van der Waals surface area contributed by atoms with Crippen molar-refractivity contribution in [2.75, 3.05) is 13.1 Å². The summed E-state index contributed by atoms with van der Waals surface area (Å²) in [4.78, 5) is 2.50. The summed E-state index contributed by atoms with van der Waals surface area (Å²) in [5.41, 5.74) is 2.49. The van der Waals surface area contributed by atoms with E-state index in [2.05, 4.69) is 30.0 Å². The van der Waals surface area contributed by atoms with Crippen LogP contribution in [0.1, 0.15) is 37.0 Å². The van der Waals surface area contributed by atoms with E-state index in [1.54, 1.807) is 0 Å². The molecule has 3 unspecified atom stereocenters. The first-order chi connectivity index (χ1) is 8.29. The van der Waals surface area contributed by atoms with Gasteiger partial charge in [0.15, 0.2) is 0 Å². The Labute approximate surface area is 103 Å². The van der Waals surface area contributed by atoms with Gasteiger partial charge in [-0.2, -0.15) is 0 Å². The van der Waals surface area contributed by atoms with Crippen LogP contribution in [0.15, 0.2) is 24.3 Å². The fourth-order valence-corrected chi connectivity index (χ4v) is 3.38. The van der Waals surface area contributed by atoms with E-state index in [4.69, 9.17) is 0 Å². The highest BCUT2D eigenvalue weighted by atomic mass is 16.3. The highest BCUT2D eigenvalue weighted by molar-refractivity contribution is 5.36. The third-order valence-corrected chi connectivity index (χ3v) is 4.53. The van der Waals surface area contributed by atoms with Crippen LogP contribution < -0.4 is 0 Å². The van der Waals surface area contributed by atoms with Gasteiger partial charge in [0.2, 0.25) is 0 Å². The van der Waals surface area contributed by atoms with E-state index in [0.717, 1.165) is 24.4 Å². The SMILES string of the molecule is CCC1CCN(C2Cc3ccccc3C2O)C1. The number of rotatable bonds is 2. The van der Waals surface area contributed by atoms with Gasteiger partial charge < -0.3 is 5.11 Å². The number of hydrogen-bond donors (Lipinski definition) is 1. The van der Waals surface area contributed by atoms with Gasteiger partial charge in [-0.3, -0.25) is 4.90 Å². The highest BCUT2D eigenvalue weighted by Gasteiger charge is 2.37. The molecule has 1 aliphatic heterocycles. The zero-order valence-electron chi connectivity index (χ0n) is 10.5. The van der Waals surface area contributed by atoms with Crippen molar-refractivity contribution in [3.8, 4) is 0 Å². The Balaban J connectivity index is 1.76. The Morgan fingerprint density at radius 1 is 1.35 bits per heavy atom. The number of benzene rings is 1. The maximum Gasteiger partial charge on any atom is 0.0951 e. The van der Waals surface area contributed by atoms with Crippen LogP contribution in [0.25, 0.3) is 0 Å². The van der Waals surface area contributed by atoms with Gasteiger partial charge in [0, 0.05) is 12.6 Å². The first-order valence-corrected chi connectivity index (χ1v) is 6.79. The largest absolute Gasteiger partial charge is 0.387 e. The lowest BCUT2D eigenvalue weighted by atomic mass is 10.1. The summed E-state index contributed by atoms with van der Waals surface area (Å²) in [6.07, 6.45) is 3.32. The highest BCUT2D eigenvalue weighted by Crippen LogP contribution is 2.36. The maximum absolute atomic E-state index is 10.4. The Bertz CT molecular complexity index is 404. The van der Waals surface area contributed by atoms with Crippen molar-refractivity contribution >= 4 is 0 Å². The van der Waals surface area contributed by atoms with Crippen molar-refractivity contribution in [3.63, 3.8) is 0 Å². The zero-order valence-corrected chi connectivity index (χ0v) is 10.5. The van der Waals surface area contributed by atoms with Crippen LogP contribution in [-0.4, -0.2) is 29.1 Å². The number of aliphatic hydroxyl groups is 1. The molecule has 17 heavy (non-hydrogen) atoms. The van der Waals surface area contributed by atoms with Crippen molar-refractivity contribution in [2.45, 2.75) is 38.3 Å². The van der Waals surface area contributed by atoms with Crippen LogP contribution in [0.3, 0.4) is 0 Å². The molecule has 2 heteroatoms. The minimum atomic E-state index is -0.276. The minimum Gasteiger partial charge on any atom is -0.387 e. The van der Waals surface area contributed by atoms with E-state index in [-0.39, 0.29) is 6.10 Å². The Hall–Kier alpha value is -0.860. The molecular weight excluding hydrogens is 210 g/mol. The molecule has 0 saturated carbocycles. The van der Waals surface area contributed by atoms with Crippen LogP contribution in [0.2, 0.25) is 0 Å². The molecule has 92 valence electrons. The summed E-state index contributed by atoms with van der Waals surface area (Å²) in [5.74, 6) is 0.839. The predicted molar refractivity (Wildman–Crippen MR) is 68.9 cm³/mol. The van der Waals surface area contributed by atoms with Crippen LogP contribution in [0, 0.1) is 5.92 Å². The summed E-state index contributed by atoms with van der Waals surface area (Å²) in [6, 6.07) is 8.67. The summed E-state index contributed by atoms with van der Waals surface area (Å²) >= 11 is 0. The quantitative estimate of drug-likeness (QED) is 0.844. The van der Waals surface area contributed by atoms with E-state index < -0.39 is 0 Å². The first kappa shape index (κ1) is 11.2. The van der Waals surface area contributed by atoms with Crippen LogP contribution in [0.4, 0.5) is 0 Å². The molecule has 1 aliphatic carbocycles. The number of fused-ring (bicyclic) bond motifs is 1. The molecule has 1 heterocycles. The lowest BCUT2D eigenvalue weighted by Crippen LogP contribution is -2.36.